The van der Waals surface area contributed by atoms with Crippen molar-refractivity contribution < 1.29 is 14.7 Å². The number of aliphatic hydroxyl groups is 1. The molecular formula is C17H26Cl2N4O3. The number of rotatable bonds is 4. The number of aliphatic hydroxyl groups excluding tert-OH is 1. The molecule has 2 saturated heterocycles. The summed E-state index contributed by atoms with van der Waals surface area (Å²) in [6.45, 7) is 2.90. The Morgan fingerprint density at radius 1 is 1.27 bits per heavy atom. The maximum atomic E-state index is 12.5. The second kappa shape index (κ2) is 10.7. The van der Waals surface area contributed by atoms with Gasteiger partial charge in [0.1, 0.15) is 0 Å². The maximum absolute atomic E-state index is 12.5. The molecule has 7 nitrogen and oxygen atoms in total. The molecule has 3 rings (SSSR count). The van der Waals surface area contributed by atoms with Gasteiger partial charge in [-0.15, -0.1) is 24.8 Å². The van der Waals surface area contributed by atoms with E-state index >= 15 is 0 Å². The van der Waals surface area contributed by atoms with Crippen molar-refractivity contribution in [3.63, 3.8) is 0 Å². The minimum absolute atomic E-state index is 0. The number of hydrogen-bond donors (Lipinski definition) is 3. The Kier molecular flexibility index (Phi) is 9.29. The number of aromatic nitrogens is 1. The molecule has 1 aromatic heterocycles. The predicted octanol–water partition coefficient (Wildman–Crippen LogP) is 0.474. The molecule has 2 aliphatic heterocycles. The first-order chi connectivity index (χ1) is 11.6. The van der Waals surface area contributed by atoms with Gasteiger partial charge in [-0.05, 0) is 25.0 Å². The van der Waals surface area contributed by atoms with Gasteiger partial charge in [0.05, 0.1) is 12.0 Å². The number of nitrogens with zero attached hydrogens (tertiary/aromatic N) is 2. The average molecular weight is 405 g/mol. The molecule has 3 unspecified atom stereocenters. The lowest BCUT2D eigenvalue weighted by Gasteiger charge is -2.32. The molecule has 9 heteroatoms. The molecular weight excluding hydrogens is 379 g/mol. The Bertz CT molecular complexity index is 591. The molecule has 3 atom stereocenters. The first-order valence-corrected chi connectivity index (χ1v) is 8.51. The van der Waals surface area contributed by atoms with Crippen molar-refractivity contribution in [3.8, 4) is 0 Å². The molecule has 0 spiro atoms. The van der Waals surface area contributed by atoms with Gasteiger partial charge >= 0.3 is 0 Å². The fraction of sp³-hybridized carbons (Fsp3) is 0.588. The molecule has 26 heavy (non-hydrogen) atoms. The zero-order valence-electron chi connectivity index (χ0n) is 14.5. The van der Waals surface area contributed by atoms with Crippen molar-refractivity contribution in [3.05, 3.63) is 30.1 Å². The minimum atomic E-state index is -0.401. The topological polar surface area (TPSA) is 94.6 Å². The standard InChI is InChI=1S/C17H24N4O3.2ClH/c22-15-10-19-8-14(15)9-20-16(23)13-2-1-7-21(11-13)17(24)12-3-5-18-6-4-12;;/h3-6,13-15,19,22H,1-2,7-11H2,(H,20,23);2*1H. The third-order valence-corrected chi connectivity index (χ3v) is 4.85. The average Bonchev–Trinajstić information content (AvgIpc) is 3.05. The Morgan fingerprint density at radius 2 is 2.00 bits per heavy atom. The number of carbonyl (C=O) groups is 2. The normalized spacial score (nSPS) is 25.0. The quantitative estimate of drug-likeness (QED) is 0.677. The molecule has 2 aliphatic rings. The summed E-state index contributed by atoms with van der Waals surface area (Å²) in [6.07, 6.45) is 4.41. The van der Waals surface area contributed by atoms with Gasteiger partial charge in [-0.2, -0.15) is 0 Å². The highest BCUT2D eigenvalue weighted by Crippen LogP contribution is 2.19. The van der Waals surface area contributed by atoms with Crippen LogP contribution in [0, 0.1) is 11.8 Å². The number of β-amino-alcohol motifs (C(OH)–C–C–N with tert-alkyl or cyclic N) is 1. The summed E-state index contributed by atoms with van der Waals surface area (Å²) < 4.78 is 0. The van der Waals surface area contributed by atoms with E-state index in [1.54, 1.807) is 29.4 Å². The van der Waals surface area contributed by atoms with E-state index in [-0.39, 0.29) is 48.5 Å². The van der Waals surface area contributed by atoms with Crippen molar-refractivity contribution in [2.45, 2.75) is 18.9 Å². The van der Waals surface area contributed by atoms with Crippen molar-refractivity contribution >= 4 is 36.6 Å². The van der Waals surface area contributed by atoms with Crippen LogP contribution in [0.25, 0.3) is 0 Å². The number of hydrogen-bond acceptors (Lipinski definition) is 5. The van der Waals surface area contributed by atoms with Crippen molar-refractivity contribution in [1.29, 1.82) is 0 Å². The number of nitrogens with one attached hydrogen (secondary N) is 2. The molecule has 0 aromatic carbocycles. The summed E-state index contributed by atoms with van der Waals surface area (Å²) >= 11 is 0. The van der Waals surface area contributed by atoms with Gasteiger partial charge in [-0.1, -0.05) is 0 Å². The SMILES string of the molecule is Cl.Cl.O=C(NCC1CNCC1O)C1CCCN(C(=O)c2ccncc2)C1. The van der Waals surface area contributed by atoms with Crippen LogP contribution in [-0.2, 0) is 4.79 Å². The van der Waals surface area contributed by atoms with E-state index < -0.39 is 6.10 Å². The number of piperidine rings is 1. The Labute approximate surface area is 165 Å². The van der Waals surface area contributed by atoms with E-state index in [0.29, 0.717) is 31.7 Å². The molecule has 0 saturated carbocycles. The third-order valence-electron chi connectivity index (χ3n) is 4.85. The van der Waals surface area contributed by atoms with Gasteiger partial charge in [-0.25, -0.2) is 0 Å². The molecule has 1 aromatic rings. The van der Waals surface area contributed by atoms with Gasteiger partial charge in [0.25, 0.3) is 5.91 Å². The van der Waals surface area contributed by atoms with Crippen LogP contribution in [0.4, 0.5) is 0 Å². The van der Waals surface area contributed by atoms with E-state index in [2.05, 4.69) is 15.6 Å². The van der Waals surface area contributed by atoms with Gasteiger partial charge < -0.3 is 20.6 Å². The number of amides is 2. The van der Waals surface area contributed by atoms with Crippen LogP contribution in [0.5, 0.6) is 0 Å². The smallest absolute Gasteiger partial charge is 0.253 e. The van der Waals surface area contributed by atoms with Crippen LogP contribution in [0.3, 0.4) is 0 Å². The van der Waals surface area contributed by atoms with E-state index in [9.17, 15) is 14.7 Å². The zero-order valence-corrected chi connectivity index (χ0v) is 16.1. The number of pyridine rings is 1. The maximum Gasteiger partial charge on any atom is 0.253 e. The fourth-order valence-electron chi connectivity index (χ4n) is 3.36. The Morgan fingerprint density at radius 3 is 2.65 bits per heavy atom. The van der Waals surface area contributed by atoms with Crippen LogP contribution in [-0.4, -0.2) is 65.6 Å². The molecule has 3 heterocycles. The summed E-state index contributed by atoms with van der Waals surface area (Å²) in [6, 6.07) is 3.39. The molecule has 2 amide bonds. The first-order valence-electron chi connectivity index (χ1n) is 8.51. The number of halogens is 2. The largest absolute Gasteiger partial charge is 0.391 e. The Hall–Kier alpha value is -1.41. The second-order valence-electron chi connectivity index (χ2n) is 6.56. The first kappa shape index (κ1) is 22.6. The van der Waals surface area contributed by atoms with Crippen LogP contribution >= 0.6 is 24.8 Å². The van der Waals surface area contributed by atoms with E-state index in [0.717, 1.165) is 19.4 Å². The molecule has 3 N–H and O–H groups in total. The van der Waals surface area contributed by atoms with E-state index in [1.807, 2.05) is 0 Å². The van der Waals surface area contributed by atoms with Crippen LogP contribution < -0.4 is 10.6 Å². The summed E-state index contributed by atoms with van der Waals surface area (Å²) in [7, 11) is 0. The van der Waals surface area contributed by atoms with Crippen LogP contribution in [0.2, 0.25) is 0 Å². The van der Waals surface area contributed by atoms with Crippen molar-refractivity contribution in [2.75, 3.05) is 32.7 Å². The monoisotopic (exact) mass is 404 g/mol. The molecule has 0 aliphatic carbocycles. The molecule has 146 valence electrons. The highest BCUT2D eigenvalue weighted by atomic mass is 35.5. The number of likely N-dealkylation sites (tertiary alicyclic amines) is 1. The number of carbonyl (C=O) groups excluding carboxylic acids is 2. The lowest BCUT2D eigenvalue weighted by atomic mass is 9.96. The molecule has 0 radical (unpaired) electrons. The summed E-state index contributed by atoms with van der Waals surface area (Å²) in [5.41, 5.74) is 0.603. The second-order valence-corrected chi connectivity index (χ2v) is 6.56. The van der Waals surface area contributed by atoms with Gasteiger partial charge in [0.15, 0.2) is 0 Å². The predicted molar refractivity (Wildman–Crippen MR) is 103 cm³/mol. The molecule has 0 bridgehead atoms. The highest BCUT2D eigenvalue weighted by molar-refractivity contribution is 5.94. The molecule has 2 fully saturated rings. The lowest BCUT2D eigenvalue weighted by molar-refractivity contribution is -0.126. The van der Waals surface area contributed by atoms with Crippen molar-refractivity contribution in [2.24, 2.45) is 11.8 Å². The lowest BCUT2D eigenvalue weighted by Crippen LogP contribution is -2.46. The Balaban J connectivity index is 0.00000169. The minimum Gasteiger partial charge on any atom is -0.391 e. The van der Waals surface area contributed by atoms with Gasteiger partial charge in [0.2, 0.25) is 5.91 Å². The van der Waals surface area contributed by atoms with E-state index in [4.69, 9.17) is 0 Å². The highest BCUT2D eigenvalue weighted by Gasteiger charge is 2.30. The third kappa shape index (κ3) is 5.54. The van der Waals surface area contributed by atoms with Gasteiger partial charge in [0, 0.05) is 56.6 Å². The fourth-order valence-corrected chi connectivity index (χ4v) is 3.36. The summed E-state index contributed by atoms with van der Waals surface area (Å²) in [4.78, 5) is 30.6. The summed E-state index contributed by atoms with van der Waals surface area (Å²) in [5.74, 6) is -0.199. The zero-order chi connectivity index (χ0) is 16.9. The van der Waals surface area contributed by atoms with Gasteiger partial charge in [-0.3, -0.25) is 14.6 Å². The van der Waals surface area contributed by atoms with Crippen molar-refractivity contribution in [1.82, 2.24) is 20.5 Å². The summed E-state index contributed by atoms with van der Waals surface area (Å²) in [5, 5.41) is 15.8. The van der Waals surface area contributed by atoms with Crippen LogP contribution in [0.1, 0.15) is 23.2 Å². The van der Waals surface area contributed by atoms with E-state index in [1.165, 1.54) is 0 Å². The van der Waals surface area contributed by atoms with Crippen LogP contribution in [0.15, 0.2) is 24.5 Å².